The smallest absolute Gasteiger partial charge is 0.257 e. The van der Waals surface area contributed by atoms with Crippen molar-refractivity contribution >= 4 is 34.5 Å². The number of aromatic nitrogens is 1. The molecule has 3 rings (SSSR count). The maximum Gasteiger partial charge on any atom is 0.257 e. The number of carbonyl (C=O) groups is 1. The fourth-order valence-electron chi connectivity index (χ4n) is 2.18. The van der Waals surface area contributed by atoms with Crippen molar-refractivity contribution in [1.29, 1.82) is 0 Å². The minimum absolute atomic E-state index is 0.191. The predicted molar refractivity (Wildman–Crippen MR) is 96.1 cm³/mol. The van der Waals surface area contributed by atoms with Crippen LogP contribution >= 0.6 is 11.8 Å². The molecule has 0 aliphatic rings. The lowest BCUT2D eigenvalue weighted by atomic mass is 10.1. The Labute approximate surface area is 144 Å². The highest BCUT2D eigenvalue weighted by atomic mass is 32.2. The number of hydrazone groups is 1. The van der Waals surface area contributed by atoms with Crippen LogP contribution in [0, 0.1) is 0 Å². The Kier molecular flexibility index (Phi) is 5.28. The first-order chi connectivity index (χ1) is 11.8. The van der Waals surface area contributed by atoms with Crippen molar-refractivity contribution in [3.05, 3.63) is 60.2 Å². The highest BCUT2D eigenvalue weighted by molar-refractivity contribution is 7.99. The van der Waals surface area contributed by atoms with Gasteiger partial charge >= 0.3 is 0 Å². The molecule has 6 heteroatoms. The van der Waals surface area contributed by atoms with Crippen LogP contribution in [-0.2, 0) is 4.79 Å². The number of rotatable bonds is 6. The molecular weight excluding hydrogens is 322 g/mol. The maximum atomic E-state index is 12.0. The molecule has 0 fully saturated rings. The molecule has 0 aliphatic heterocycles. The zero-order valence-corrected chi connectivity index (χ0v) is 14.0. The van der Waals surface area contributed by atoms with E-state index in [1.54, 1.807) is 0 Å². The first-order valence-electron chi connectivity index (χ1n) is 7.65. The van der Waals surface area contributed by atoms with Gasteiger partial charge in [-0.1, -0.05) is 61.2 Å². The number of thioether (sulfide) groups is 1. The normalized spacial score (nSPS) is 11.6. The van der Waals surface area contributed by atoms with Crippen LogP contribution in [-0.4, -0.2) is 22.4 Å². The van der Waals surface area contributed by atoms with E-state index in [1.165, 1.54) is 11.8 Å². The largest absolute Gasteiger partial charge is 0.431 e. The summed E-state index contributed by atoms with van der Waals surface area (Å²) in [7, 11) is 0. The second-order valence-corrected chi connectivity index (χ2v) is 5.98. The molecule has 3 aromatic rings. The number of carbonyl (C=O) groups excluding carboxylic acids is 1. The van der Waals surface area contributed by atoms with E-state index in [1.807, 2.05) is 61.5 Å². The Balaban J connectivity index is 1.58. The van der Waals surface area contributed by atoms with Gasteiger partial charge in [-0.15, -0.1) is 0 Å². The summed E-state index contributed by atoms with van der Waals surface area (Å²) in [6, 6.07) is 17.3. The van der Waals surface area contributed by atoms with Gasteiger partial charge in [0.05, 0.1) is 11.5 Å². The summed E-state index contributed by atoms with van der Waals surface area (Å²) in [6.07, 6.45) is 0.739. The number of nitrogens with one attached hydrogen (secondary N) is 1. The van der Waals surface area contributed by atoms with Gasteiger partial charge in [0.2, 0.25) is 0 Å². The standard InChI is InChI=1S/C18H17N3O2S/c1-2-14(13-8-4-3-5-9-13)20-21-17(22)12-24-18-19-15-10-6-7-11-16(15)23-18/h3-11H,2,12H2,1H3,(H,21,22)/b20-14+. The van der Waals surface area contributed by atoms with Gasteiger partial charge in [0, 0.05) is 0 Å². The molecule has 1 aromatic heterocycles. The fraction of sp³-hybridized carbons (Fsp3) is 0.167. The Morgan fingerprint density at radius 3 is 2.67 bits per heavy atom. The quantitative estimate of drug-likeness (QED) is 0.421. The lowest BCUT2D eigenvalue weighted by Gasteiger charge is -2.04. The first kappa shape index (κ1) is 16.3. The van der Waals surface area contributed by atoms with Crippen LogP contribution in [0.25, 0.3) is 11.1 Å². The summed E-state index contributed by atoms with van der Waals surface area (Å²) in [6.45, 7) is 2.01. The molecule has 0 saturated carbocycles. The molecule has 1 amide bonds. The molecule has 1 heterocycles. The van der Waals surface area contributed by atoms with Crippen LogP contribution in [0.4, 0.5) is 0 Å². The van der Waals surface area contributed by atoms with E-state index in [2.05, 4.69) is 15.5 Å². The Morgan fingerprint density at radius 2 is 1.92 bits per heavy atom. The van der Waals surface area contributed by atoms with E-state index < -0.39 is 0 Å². The molecular formula is C18H17N3O2S. The van der Waals surface area contributed by atoms with Crippen LogP contribution in [0.5, 0.6) is 0 Å². The first-order valence-corrected chi connectivity index (χ1v) is 8.64. The Morgan fingerprint density at radius 1 is 1.17 bits per heavy atom. The number of nitrogens with zero attached hydrogens (tertiary/aromatic N) is 2. The minimum Gasteiger partial charge on any atom is -0.431 e. The number of hydrogen-bond acceptors (Lipinski definition) is 5. The summed E-state index contributed by atoms with van der Waals surface area (Å²) in [4.78, 5) is 16.3. The predicted octanol–water partition coefficient (Wildman–Crippen LogP) is 3.85. The van der Waals surface area contributed by atoms with Crippen molar-refractivity contribution in [3.63, 3.8) is 0 Å². The summed E-state index contributed by atoms with van der Waals surface area (Å²) < 4.78 is 5.57. The average molecular weight is 339 g/mol. The van der Waals surface area contributed by atoms with Crippen molar-refractivity contribution in [1.82, 2.24) is 10.4 Å². The van der Waals surface area contributed by atoms with E-state index >= 15 is 0 Å². The number of para-hydroxylation sites is 2. The van der Waals surface area contributed by atoms with Crippen LogP contribution < -0.4 is 5.43 Å². The molecule has 0 aliphatic carbocycles. The lowest BCUT2D eigenvalue weighted by Crippen LogP contribution is -2.21. The molecule has 0 radical (unpaired) electrons. The number of benzene rings is 2. The number of amides is 1. The molecule has 122 valence electrons. The SMILES string of the molecule is CC/C(=N\NC(=O)CSc1nc2ccccc2o1)c1ccccc1. The number of fused-ring (bicyclic) bond motifs is 1. The van der Waals surface area contributed by atoms with Gasteiger partial charge in [0.1, 0.15) is 5.52 Å². The highest BCUT2D eigenvalue weighted by Gasteiger charge is 2.09. The van der Waals surface area contributed by atoms with E-state index in [0.29, 0.717) is 5.22 Å². The van der Waals surface area contributed by atoms with Crippen molar-refractivity contribution in [2.75, 3.05) is 5.75 Å². The molecule has 1 N–H and O–H groups in total. The lowest BCUT2D eigenvalue weighted by molar-refractivity contribution is -0.118. The highest BCUT2D eigenvalue weighted by Crippen LogP contribution is 2.22. The number of hydrogen-bond donors (Lipinski definition) is 1. The van der Waals surface area contributed by atoms with E-state index in [9.17, 15) is 4.79 Å². The molecule has 0 saturated heterocycles. The topological polar surface area (TPSA) is 67.5 Å². The number of oxazole rings is 1. The molecule has 0 spiro atoms. The third-order valence-electron chi connectivity index (χ3n) is 3.36. The Bertz CT molecular complexity index is 826. The van der Waals surface area contributed by atoms with Gasteiger partial charge in [-0.25, -0.2) is 10.4 Å². The molecule has 24 heavy (non-hydrogen) atoms. The molecule has 0 unspecified atom stereocenters. The molecule has 0 bridgehead atoms. The van der Waals surface area contributed by atoms with Gasteiger partial charge in [0.15, 0.2) is 5.58 Å². The van der Waals surface area contributed by atoms with E-state index in [-0.39, 0.29) is 11.7 Å². The summed E-state index contributed by atoms with van der Waals surface area (Å²) >= 11 is 1.25. The van der Waals surface area contributed by atoms with Crippen LogP contribution in [0.2, 0.25) is 0 Å². The average Bonchev–Trinajstić information content (AvgIpc) is 3.04. The summed E-state index contributed by atoms with van der Waals surface area (Å²) in [5.41, 5.74) is 5.95. The van der Waals surface area contributed by atoms with Gasteiger partial charge in [-0.2, -0.15) is 5.10 Å². The second-order valence-electron chi connectivity index (χ2n) is 5.05. The van der Waals surface area contributed by atoms with Crippen molar-refractivity contribution in [3.8, 4) is 0 Å². The van der Waals surface area contributed by atoms with Crippen molar-refractivity contribution in [2.45, 2.75) is 18.6 Å². The molecule has 2 aromatic carbocycles. The molecule has 0 atom stereocenters. The summed E-state index contributed by atoms with van der Waals surface area (Å²) in [5, 5.41) is 4.70. The van der Waals surface area contributed by atoms with E-state index in [4.69, 9.17) is 4.42 Å². The minimum atomic E-state index is -0.191. The zero-order chi connectivity index (χ0) is 16.8. The van der Waals surface area contributed by atoms with Gasteiger partial charge in [0.25, 0.3) is 11.1 Å². The second kappa shape index (κ2) is 7.79. The summed E-state index contributed by atoms with van der Waals surface area (Å²) in [5.74, 6) is 0.00592. The molecule has 5 nitrogen and oxygen atoms in total. The van der Waals surface area contributed by atoms with Crippen molar-refractivity contribution in [2.24, 2.45) is 5.10 Å². The van der Waals surface area contributed by atoms with Crippen molar-refractivity contribution < 1.29 is 9.21 Å². The zero-order valence-electron chi connectivity index (χ0n) is 13.2. The van der Waals surface area contributed by atoms with E-state index in [0.717, 1.165) is 28.8 Å². The van der Waals surface area contributed by atoms with Gasteiger partial charge in [-0.05, 0) is 24.1 Å². The fourth-order valence-corrected chi connectivity index (χ4v) is 2.81. The van der Waals surface area contributed by atoms with Crippen LogP contribution in [0.1, 0.15) is 18.9 Å². The third kappa shape index (κ3) is 4.02. The van der Waals surface area contributed by atoms with Gasteiger partial charge in [-0.3, -0.25) is 4.79 Å². The Hall–Kier alpha value is -2.60. The monoisotopic (exact) mass is 339 g/mol. The third-order valence-corrected chi connectivity index (χ3v) is 4.19. The van der Waals surface area contributed by atoms with Crippen LogP contribution in [0.15, 0.2) is 69.3 Å². The van der Waals surface area contributed by atoms with Crippen LogP contribution in [0.3, 0.4) is 0 Å². The van der Waals surface area contributed by atoms with Gasteiger partial charge < -0.3 is 4.42 Å². The maximum absolute atomic E-state index is 12.0.